The van der Waals surface area contributed by atoms with Crippen molar-refractivity contribution in [3.05, 3.63) is 94.0 Å². The number of halogens is 2. The van der Waals surface area contributed by atoms with Gasteiger partial charge in [0.25, 0.3) is 0 Å². The summed E-state index contributed by atoms with van der Waals surface area (Å²) in [6.07, 6.45) is 0. The van der Waals surface area contributed by atoms with E-state index in [9.17, 15) is 9.59 Å². The molecule has 2 fully saturated rings. The number of rotatable bonds is 4. The quantitative estimate of drug-likeness (QED) is 0.355. The van der Waals surface area contributed by atoms with Crippen molar-refractivity contribution in [2.24, 2.45) is 0 Å². The van der Waals surface area contributed by atoms with Gasteiger partial charge in [-0.1, -0.05) is 47.5 Å². The minimum absolute atomic E-state index is 0.0677. The van der Waals surface area contributed by atoms with Crippen molar-refractivity contribution >= 4 is 69.9 Å². The number of hydrogen-bond donors (Lipinski definition) is 0. The fourth-order valence-corrected chi connectivity index (χ4v) is 7.07. The second-order valence-corrected chi connectivity index (χ2v) is 12.0. The van der Waals surface area contributed by atoms with Crippen LogP contribution in [0, 0.1) is 0 Å². The topological polar surface area (TPSA) is 40.6 Å². The Balaban J connectivity index is 1.46. The van der Waals surface area contributed by atoms with Gasteiger partial charge in [-0.15, -0.1) is 23.5 Å². The average Bonchev–Trinajstić information content (AvgIpc) is 3.30. The molecule has 0 saturated carbocycles. The molecule has 5 rings (SSSR count). The Morgan fingerprint density at radius 3 is 1.24 bits per heavy atom. The molecular formula is C26H22Cl2N2O2S2. The van der Waals surface area contributed by atoms with Gasteiger partial charge < -0.3 is 0 Å². The van der Waals surface area contributed by atoms with Gasteiger partial charge in [0.2, 0.25) is 11.8 Å². The van der Waals surface area contributed by atoms with Crippen LogP contribution in [0.15, 0.2) is 72.8 Å². The molecule has 2 heterocycles. The van der Waals surface area contributed by atoms with Crippen LogP contribution in [0.5, 0.6) is 0 Å². The Kier molecular flexibility index (Phi) is 6.60. The number of benzene rings is 3. The molecule has 2 saturated heterocycles. The highest BCUT2D eigenvalue weighted by Gasteiger charge is 2.41. The van der Waals surface area contributed by atoms with Gasteiger partial charge in [0.05, 0.1) is 10.5 Å². The van der Waals surface area contributed by atoms with Crippen LogP contribution in [0.4, 0.5) is 11.4 Å². The summed E-state index contributed by atoms with van der Waals surface area (Å²) in [6, 6.07) is 22.9. The van der Waals surface area contributed by atoms with E-state index in [4.69, 9.17) is 23.2 Å². The molecule has 4 atom stereocenters. The van der Waals surface area contributed by atoms with Crippen molar-refractivity contribution in [1.82, 2.24) is 0 Å². The minimum Gasteiger partial charge on any atom is -0.295 e. The molecule has 3 aromatic rings. The third-order valence-electron chi connectivity index (χ3n) is 6.02. The third-order valence-corrected chi connectivity index (χ3v) is 9.23. The molecule has 34 heavy (non-hydrogen) atoms. The fraction of sp³-hybridized carbons (Fsp3) is 0.231. The standard InChI is InChI=1S/C26H22Cl2N2O2S2/c1-15-23(31)29(25(33-15)17-3-7-19(27)8-4-17)21-11-13-22(14-12-21)30-24(32)16(2)34-26(30)18-5-9-20(28)10-6-18/h3-16,25-26H,1-2H3/t15-,16+,25-,26-/m1/s1. The highest BCUT2D eigenvalue weighted by molar-refractivity contribution is 8.01. The summed E-state index contributed by atoms with van der Waals surface area (Å²) in [6.45, 7) is 3.87. The lowest BCUT2D eigenvalue weighted by Crippen LogP contribution is -2.31. The van der Waals surface area contributed by atoms with E-state index in [0.29, 0.717) is 10.0 Å². The smallest absolute Gasteiger partial charge is 0.241 e. The van der Waals surface area contributed by atoms with Gasteiger partial charge in [0.15, 0.2) is 0 Å². The van der Waals surface area contributed by atoms with Crippen LogP contribution >= 0.6 is 46.7 Å². The van der Waals surface area contributed by atoms with E-state index in [-0.39, 0.29) is 33.1 Å². The molecule has 0 bridgehead atoms. The number of hydrogen-bond acceptors (Lipinski definition) is 4. The third kappa shape index (κ3) is 4.33. The Hall–Kier alpha value is -2.12. The van der Waals surface area contributed by atoms with E-state index in [2.05, 4.69) is 0 Å². The Bertz CT molecular complexity index is 1120. The van der Waals surface area contributed by atoms with Crippen molar-refractivity contribution in [1.29, 1.82) is 0 Å². The molecule has 0 aliphatic carbocycles. The lowest BCUT2D eigenvalue weighted by atomic mass is 10.1. The maximum absolute atomic E-state index is 13.1. The first kappa shape index (κ1) is 23.6. The average molecular weight is 530 g/mol. The van der Waals surface area contributed by atoms with Gasteiger partial charge in [0, 0.05) is 21.4 Å². The number of thioether (sulfide) groups is 2. The maximum atomic E-state index is 13.1. The molecular weight excluding hydrogens is 507 g/mol. The minimum atomic E-state index is -0.146. The largest absolute Gasteiger partial charge is 0.295 e. The summed E-state index contributed by atoms with van der Waals surface area (Å²) >= 11 is 15.4. The zero-order valence-electron chi connectivity index (χ0n) is 18.5. The van der Waals surface area contributed by atoms with E-state index in [1.54, 1.807) is 23.5 Å². The molecule has 174 valence electrons. The SMILES string of the molecule is C[C@@H]1S[C@H](c2ccc(Cl)cc2)N(c2ccc(N3C(=O)[C@@H](C)S[C@@H]3c3ccc(Cl)cc3)cc2)C1=O. The van der Waals surface area contributed by atoms with Crippen LogP contribution in [0.3, 0.4) is 0 Å². The predicted octanol–water partition coefficient (Wildman–Crippen LogP) is 7.33. The molecule has 0 spiro atoms. The Labute approximate surface area is 217 Å². The molecule has 3 aromatic carbocycles. The van der Waals surface area contributed by atoms with Crippen molar-refractivity contribution < 1.29 is 9.59 Å². The number of anilines is 2. The zero-order valence-corrected chi connectivity index (χ0v) is 21.7. The Morgan fingerprint density at radius 1 is 0.588 bits per heavy atom. The van der Waals surface area contributed by atoms with Crippen molar-refractivity contribution in [2.45, 2.75) is 35.1 Å². The van der Waals surface area contributed by atoms with Crippen LogP contribution in [-0.4, -0.2) is 22.3 Å². The maximum Gasteiger partial charge on any atom is 0.241 e. The van der Waals surface area contributed by atoms with Crippen LogP contribution < -0.4 is 9.80 Å². The van der Waals surface area contributed by atoms with Gasteiger partial charge in [0.1, 0.15) is 10.7 Å². The molecule has 0 aromatic heterocycles. The molecule has 2 amide bonds. The second kappa shape index (κ2) is 9.50. The number of amides is 2. The van der Waals surface area contributed by atoms with Crippen molar-refractivity contribution in [3.63, 3.8) is 0 Å². The van der Waals surface area contributed by atoms with Gasteiger partial charge in [-0.2, -0.15) is 0 Å². The number of nitrogens with zero attached hydrogens (tertiary/aromatic N) is 2. The molecule has 0 unspecified atom stereocenters. The van der Waals surface area contributed by atoms with Gasteiger partial charge in [-0.3, -0.25) is 19.4 Å². The first-order valence-electron chi connectivity index (χ1n) is 10.9. The summed E-state index contributed by atoms with van der Waals surface area (Å²) in [5.74, 6) is 0.135. The number of carbonyl (C=O) groups excluding carboxylic acids is 2. The lowest BCUT2D eigenvalue weighted by molar-refractivity contribution is -0.118. The number of carbonyl (C=O) groups is 2. The highest BCUT2D eigenvalue weighted by Crippen LogP contribution is 2.48. The highest BCUT2D eigenvalue weighted by atomic mass is 35.5. The van der Waals surface area contributed by atoms with Gasteiger partial charge in [-0.25, -0.2) is 0 Å². The van der Waals surface area contributed by atoms with E-state index >= 15 is 0 Å². The van der Waals surface area contributed by atoms with E-state index < -0.39 is 0 Å². The summed E-state index contributed by atoms with van der Waals surface area (Å²) in [5.41, 5.74) is 3.67. The van der Waals surface area contributed by atoms with Crippen LogP contribution in [0.2, 0.25) is 10.0 Å². The second-order valence-electron chi connectivity index (χ2n) is 8.30. The van der Waals surface area contributed by atoms with Crippen molar-refractivity contribution in [3.8, 4) is 0 Å². The van der Waals surface area contributed by atoms with Gasteiger partial charge in [-0.05, 0) is 73.5 Å². The van der Waals surface area contributed by atoms with Crippen LogP contribution in [-0.2, 0) is 9.59 Å². The van der Waals surface area contributed by atoms with E-state index in [1.165, 1.54) is 0 Å². The van der Waals surface area contributed by atoms with Crippen LogP contribution in [0.25, 0.3) is 0 Å². The Morgan fingerprint density at radius 2 is 0.912 bits per heavy atom. The normalized spacial score (nSPS) is 24.8. The molecule has 8 heteroatoms. The summed E-state index contributed by atoms with van der Waals surface area (Å²) in [7, 11) is 0. The predicted molar refractivity (Wildman–Crippen MR) is 144 cm³/mol. The summed E-state index contributed by atoms with van der Waals surface area (Å²) < 4.78 is 0. The summed E-state index contributed by atoms with van der Waals surface area (Å²) in [5, 5.41) is 0.784. The molecule has 2 aliphatic rings. The monoisotopic (exact) mass is 528 g/mol. The van der Waals surface area contributed by atoms with Crippen LogP contribution in [0.1, 0.15) is 35.7 Å². The molecule has 0 radical (unpaired) electrons. The first-order chi connectivity index (χ1) is 16.3. The fourth-order valence-electron chi connectivity index (χ4n) is 4.26. The zero-order chi connectivity index (χ0) is 24.0. The van der Waals surface area contributed by atoms with Gasteiger partial charge >= 0.3 is 0 Å². The van der Waals surface area contributed by atoms with E-state index in [0.717, 1.165) is 22.5 Å². The molecule has 0 N–H and O–H groups in total. The molecule has 2 aliphatic heterocycles. The first-order valence-corrected chi connectivity index (χ1v) is 13.6. The molecule has 4 nitrogen and oxygen atoms in total. The van der Waals surface area contributed by atoms with Crippen molar-refractivity contribution in [2.75, 3.05) is 9.80 Å². The van der Waals surface area contributed by atoms with E-state index in [1.807, 2.05) is 96.4 Å². The summed E-state index contributed by atoms with van der Waals surface area (Å²) in [4.78, 5) is 29.8. The lowest BCUT2D eigenvalue weighted by Gasteiger charge is -2.27.